The van der Waals surface area contributed by atoms with Crippen molar-refractivity contribution in [1.82, 2.24) is 4.90 Å². The lowest BCUT2D eigenvalue weighted by atomic mass is 9.98. The highest BCUT2D eigenvalue weighted by atomic mass is 79.9. The number of rotatable bonds is 2. The molecule has 0 aliphatic carbocycles. The Morgan fingerprint density at radius 2 is 2.22 bits per heavy atom. The van der Waals surface area contributed by atoms with Gasteiger partial charge in [0, 0.05) is 24.3 Å². The van der Waals surface area contributed by atoms with E-state index in [0.29, 0.717) is 10.9 Å². The molecule has 1 aromatic rings. The fourth-order valence-electron chi connectivity index (χ4n) is 2.89. The van der Waals surface area contributed by atoms with Crippen LogP contribution in [0.15, 0.2) is 24.3 Å². The molecule has 0 radical (unpaired) electrons. The Balaban J connectivity index is 1.57. The Kier molecular flexibility index (Phi) is 3.62. The van der Waals surface area contributed by atoms with Crippen LogP contribution in [0, 0.1) is 5.92 Å². The van der Waals surface area contributed by atoms with E-state index in [0.717, 1.165) is 31.2 Å². The largest absolute Gasteiger partial charge is 0.488 e. The minimum Gasteiger partial charge on any atom is -0.488 e. The number of likely N-dealkylation sites (tertiary alicyclic amines) is 1. The van der Waals surface area contributed by atoms with Crippen LogP contribution in [0.2, 0.25) is 0 Å². The lowest BCUT2D eigenvalue weighted by molar-refractivity contribution is 0.124. The number of nitrogens with zero attached hydrogens (tertiary/aromatic N) is 1. The van der Waals surface area contributed by atoms with Crippen LogP contribution in [0.5, 0.6) is 5.75 Å². The molecule has 2 heterocycles. The molecule has 98 valence electrons. The molecule has 2 aliphatic heterocycles. The number of halogens is 1. The summed E-state index contributed by atoms with van der Waals surface area (Å²) < 4.78 is 6.01. The van der Waals surface area contributed by atoms with E-state index in [1.165, 1.54) is 18.5 Å². The number of hydrogen-bond donors (Lipinski definition) is 0. The Labute approximate surface area is 117 Å². The molecule has 18 heavy (non-hydrogen) atoms. The maximum Gasteiger partial charge on any atom is 0.123 e. The summed E-state index contributed by atoms with van der Waals surface area (Å²) in [5.74, 6) is 1.88. The first-order chi connectivity index (χ1) is 8.72. The van der Waals surface area contributed by atoms with E-state index in [2.05, 4.69) is 52.0 Å². The van der Waals surface area contributed by atoms with E-state index in [1.54, 1.807) is 0 Å². The fourth-order valence-corrected chi connectivity index (χ4v) is 3.57. The minimum absolute atomic E-state index is 0.343. The van der Waals surface area contributed by atoms with Crippen molar-refractivity contribution in [3.05, 3.63) is 29.8 Å². The van der Waals surface area contributed by atoms with Crippen molar-refractivity contribution in [3.8, 4) is 5.75 Å². The first-order valence-electron chi connectivity index (χ1n) is 6.83. The van der Waals surface area contributed by atoms with E-state index in [9.17, 15) is 0 Å². The van der Waals surface area contributed by atoms with Gasteiger partial charge in [-0.3, -0.25) is 4.90 Å². The number of fused-ring (bicyclic) bond motifs is 1. The Morgan fingerprint density at radius 1 is 1.39 bits per heavy atom. The Hall–Kier alpha value is -0.540. The first kappa shape index (κ1) is 12.5. The highest BCUT2D eigenvalue weighted by Crippen LogP contribution is 2.30. The van der Waals surface area contributed by atoms with E-state index >= 15 is 0 Å². The van der Waals surface area contributed by atoms with Gasteiger partial charge in [-0.05, 0) is 30.5 Å². The molecule has 2 nitrogen and oxygen atoms in total. The smallest absolute Gasteiger partial charge is 0.123 e. The Morgan fingerprint density at radius 3 is 3.00 bits per heavy atom. The quantitative estimate of drug-likeness (QED) is 0.778. The minimum atomic E-state index is 0.343. The van der Waals surface area contributed by atoms with Gasteiger partial charge in [0.15, 0.2) is 0 Å². The molecule has 1 fully saturated rings. The maximum atomic E-state index is 6.01. The van der Waals surface area contributed by atoms with E-state index in [4.69, 9.17) is 4.74 Å². The first-order valence-corrected chi connectivity index (χ1v) is 7.75. The van der Waals surface area contributed by atoms with Gasteiger partial charge in [-0.15, -0.1) is 0 Å². The van der Waals surface area contributed by atoms with Crippen molar-refractivity contribution in [3.63, 3.8) is 0 Å². The van der Waals surface area contributed by atoms with Crippen LogP contribution in [-0.4, -0.2) is 35.5 Å². The normalized spacial score (nSPS) is 32.0. The molecule has 2 aliphatic rings. The number of benzene rings is 1. The van der Waals surface area contributed by atoms with Gasteiger partial charge >= 0.3 is 0 Å². The predicted octanol–water partition coefficient (Wildman–Crippen LogP) is 3.10. The van der Waals surface area contributed by atoms with Crippen LogP contribution in [0.1, 0.15) is 18.9 Å². The highest BCUT2D eigenvalue weighted by molar-refractivity contribution is 9.09. The van der Waals surface area contributed by atoms with Crippen LogP contribution < -0.4 is 4.74 Å². The molecule has 0 bridgehead atoms. The third-order valence-corrected chi connectivity index (χ3v) is 5.32. The van der Waals surface area contributed by atoms with Crippen LogP contribution in [0.4, 0.5) is 0 Å². The SMILES string of the molecule is CC1CCN(CC2Cc3ccccc3O2)CC1Br. The summed E-state index contributed by atoms with van der Waals surface area (Å²) in [6, 6.07) is 8.42. The number of para-hydroxylation sites is 1. The molecule has 0 N–H and O–H groups in total. The van der Waals surface area contributed by atoms with Crippen molar-refractivity contribution in [2.45, 2.75) is 30.7 Å². The van der Waals surface area contributed by atoms with Gasteiger partial charge in [0.2, 0.25) is 0 Å². The Bertz CT molecular complexity index is 398. The van der Waals surface area contributed by atoms with Crippen LogP contribution >= 0.6 is 15.9 Å². The summed E-state index contributed by atoms with van der Waals surface area (Å²) in [5.41, 5.74) is 1.36. The molecular weight excluding hydrogens is 290 g/mol. The van der Waals surface area contributed by atoms with Gasteiger partial charge in [-0.2, -0.15) is 0 Å². The van der Waals surface area contributed by atoms with Crippen molar-refractivity contribution in [2.75, 3.05) is 19.6 Å². The summed E-state index contributed by atoms with van der Waals surface area (Å²) in [4.78, 5) is 3.17. The molecule has 1 aromatic carbocycles. The summed E-state index contributed by atoms with van der Waals surface area (Å²) in [6.07, 6.45) is 2.70. The molecule has 3 rings (SSSR count). The second-order valence-corrected chi connectivity index (χ2v) is 6.77. The van der Waals surface area contributed by atoms with Gasteiger partial charge in [0.1, 0.15) is 11.9 Å². The molecule has 0 spiro atoms. The lowest BCUT2D eigenvalue weighted by Gasteiger charge is -2.35. The van der Waals surface area contributed by atoms with E-state index < -0.39 is 0 Å². The summed E-state index contributed by atoms with van der Waals surface area (Å²) in [5, 5.41) is 0. The van der Waals surface area contributed by atoms with Crippen molar-refractivity contribution in [2.24, 2.45) is 5.92 Å². The van der Waals surface area contributed by atoms with Gasteiger partial charge in [0.25, 0.3) is 0 Å². The number of piperidine rings is 1. The average Bonchev–Trinajstić information content (AvgIpc) is 2.76. The standard InChI is InChI=1S/C15H20BrNO/c1-11-6-7-17(10-14(11)16)9-13-8-12-4-2-3-5-15(12)18-13/h2-5,11,13-14H,6-10H2,1H3. The molecular formula is C15H20BrNO. The second-order valence-electron chi connectivity index (χ2n) is 5.59. The maximum absolute atomic E-state index is 6.01. The summed E-state index contributed by atoms with van der Waals surface area (Å²) >= 11 is 3.79. The van der Waals surface area contributed by atoms with Gasteiger partial charge in [0.05, 0.1) is 0 Å². The zero-order valence-corrected chi connectivity index (χ0v) is 12.4. The topological polar surface area (TPSA) is 12.5 Å². The monoisotopic (exact) mass is 309 g/mol. The number of hydrogen-bond acceptors (Lipinski definition) is 2. The molecule has 1 saturated heterocycles. The van der Waals surface area contributed by atoms with Gasteiger partial charge in [-0.1, -0.05) is 41.1 Å². The fraction of sp³-hybridized carbons (Fsp3) is 0.600. The van der Waals surface area contributed by atoms with Gasteiger partial charge < -0.3 is 4.74 Å². The zero-order valence-electron chi connectivity index (χ0n) is 10.8. The van der Waals surface area contributed by atoms with E-state index in [1.807, 2.05) is 0 Å². The van der Waals surface area contributed by atoms with E-state index in [-0.39, 0.29) is 0 Å². The third-order valence-electron chi connectivity index (χ3n) is 4.13. The van der Waals surface area contributed by atoms with Crippen molar-refractivity contribution in [1.29, 1.82) is 0 Å². The average molecular weight is 310 g/mol. The second kappa shape index (κ2) is 5.22. The summed E-state index contributed by atoms with van der Waals surface area (Å²) in [6.45, 7) is 5.75. The van der Waals surface area contributed by atoms with Crippen molar-refractivity contribution >= 4 is 15.9 Å². The van der Waals surface area contributed by atoms with Crippen LogP contribution in [0.25, 0.3) is 0 Å². The highest BCUT2D eigenvalue weighted by Gasteiger charge is 2.29. The number of alkyl halides is 1. The molecule has 3 unspecified atom stereocenters. The molecule has 3 atom stereocenters. The summed E-state index contributed by atoms with van der Waals surface area (Å²) in [7, 11) is 0. The van der Waals surface area contributed by atoms with Crippen LogP contribution in [0.3, 0.4) is 0 Å². The molecule has 0 amide bonds. The zero-order chi connectivity index (χ0) is 12.5. The molecule has 0 aromatic heterocycles. The van der Waals surface area contributed by atoms with Crippen molar-refractivity contribution < 1.29 is 4.74 Å². The predicted molar refractivity (Wildman–Crippen MR) is 77.5 cm³/mol. The lowest BCUT2D eigenvalue weighted by Crippen LogP contribution is -2.44. The number of ether oxygens (including phenoxy) is 1. The van der Waals surface area contributed by atoms with Crippen LogP contribution in [-0.2, 0) is 6.42 Å². The molecule has 3 heteroatoms. The molecule has 0 saturated carbocycles. The third kappa shape index (κ3) is 2.57. The van der Waals surface area contributed by atoms with Gasteiger partial charge in [-0.25, -0.2) is 0 Å².